The third-order valence-electron chi connectivity index (χ3n) is 6.10. The van der Waals surface area contributed by atoms with Crippen LogP contribution in [0.2, 0.25) is 0 Å². The van der Waals surface area contributed by atoms with Crippen LogP contribution < -0.4 is 9.64 Å². The second-order valence-corrected chi connectivity index (χ2v) is 10.5. The van der Waals surface area contributed by atoms with Gasteiger partial charge in [0.15, 0.2) is 17.2 Å². The lowest BCUT2D eigenvalue weighted by Gasteiger charge is -2.29. The van der Waals surface area contributed by atoms with E-state index in [9.17, 15) is 14.4 Å². The van der Waals surface area contributed by atoms with Gasteiger partial charge in [0.1, 0.15) is 0 Å². The van der Waals surface area contributed by atoms with Crippen molar-refractivity contribution in [2.45, 2.75) is 46.0 Å². The van der Waals surface area contributed by atoms with E-state index < -0.39 is 11.9 Å². The first-order valence-corrected chi connectivity index (χ1v) is 13.2. The zero-order chi connectivity index (χ0) is 24.2. The maximum atomic E-state index is 12.6. The van der Waals surface area contributed by atoms with E-state index in [1.165, 1.54) is 49.0 Å². The Labute approximate surface area is 206 Å². The van der Waals surface area contributed by atoms with Crippen LogP contribution in [-0.2, 0) is 19.1 Å². The Morgan fingerprint density at radius 3 is 2.56 bits per heavy atom. The van der Waals surface area contributed by atoms with Gasteiger partial charge in [-0.15, -0.1) is 22.7 Å². The van der Waals surface area contributed by atoms with Gasteiger partial charge in [-0.2, -0.15) is 0 Å². The number of anilines is 1. The van der Waals surface area contributed by atoms with Crippen molar-refractivity contribution < 1.29 is 28.6 Å². The van der Waals surface area contributed by atoms with Gasteiger partial charge in [0, 0.05) is 23.0 Å². The Balaban J connectivity index is 1.75. The Kier molecular flexibility index (Phi) is 7.73. The zero-order valence-corrected chi connectivity index (χ0v) is 21.3. The molecule has 7 nitrogen and oxygen atoms in total. The fourth-order valence-electron chi connectivity index (χ4n) is 4.48. The Morgan fingerprint density at radius 2 is 1.88 bits per heavy atom. The molecule has 0 bridgehead atoms. The molecule has 0 saturated heterocycles. The van der Waals surface area contributed by atoms with Crippen molar-refractivity contribution in [2.24, 2.45) is 5.92 Å². The Bertz CT molecular complexity index is 1160. The van der Waals surface area contributed by atoms with Crippen molar-refractivity contribution in [1.29, 1.82) is 0 Å². The first-order valence-electron chi connectivity index (χ1n) is 11.6. The second-order valence-electron chi connectivity index (χ2n) is 8.42. The van der Waals surface area contributed by atoms with E-state index >= 15 is 0 Å². The normalized spacial score (nSPS) is 14.3. The van der Waals surface area contributed by atoms with Crippen molar-refractivity contribution >= 4 is 55.6 Å². The summed E-state index contributed by atoms with van der Waals surface area (Å²) in [6.07, 6.45) is 6.00. The van der Waals surface area contributed by atoms with Crippen molar-refractivity contribution in [3.05, 3.63) is 23.1 Å². The standard InChI is InChI=1S/C25H29NO6S2/c1-4-31-20(28)14-32-22-21-18(33-24(22)25(29)30-3)12-17-10-11-19(34-23(17)21)26(15(2)27)13-16-8-6-5-7-9-16/h10-12,16H,4-9,13-14H2,1-3H3. The van der Waals surface area contributed by atoms with Crippen LogP contribution in [0.25, 0.3) is 20.5 Å². The third-order valence-corrected chi connectivity index (χ3v) is 8.41. The maximum absolute atomic E-state index is 12.6. The topological polar surface area (TPSA) is 82.1 Å². The summed E-state index contributed by atoms with van der Waals surface area (Å²) in [6.45, 7) is 3.99. The van der Waals surface area contributed by atoms with Gasteiger partial charge in [0.25, 0.3) is 0 Å². The number of methoxy groups -OCH3 is 1. The van der Waals surface area contributed by atoms with Crippen LogP contribution >= 0.6 is 22.7 Å². The molecule has 1 amide bonds. The quantitative estimate of drug-likeness (QED) is 0.365. The Hall–Kier alpha value is -2.65. The highest BCUT2D eigenvalue weighted by molar-refractivity contribution is 7.24. The van der Waals surface area contributed by atoms with E-state index in [-0.39, 0.29) is 19.1 Å². The second kappa shape index (κ2) is 10.7. The highest BCUT2D eigenvalue weighted by Crippen LogP contribution is 2.50. The van der Waals surface area contributed by atoms with Crippen LogP contribution in [0.1, 0.15) is 55.6 Å². The molecule has 34 heavy (non-hydrogen) atoms. The number of ether oxygens (including phenoxy) is 3. The molecule has 1 aromatic rings. The molecule has 0 spiro atoms. The molecule has 0 unspecified atom stereocenters. The first kappa shape index (κ1) is 24.5. The van der Waals surface area contributed by atoms with Crippen molar-refractivity contribution in [1.82, 2.24) is 0 Å². The van der Waals surface area contributed by atoms with E-state index in [1.807, 2.05) is 23.1 Å². The molecule has 3 aliphatic rings. The van der Waals surface area contributed by atoms with E-state index in [0.717, 1.165) is 38.4 Å². The summed E-state index contributed by atoms with van der Waals surface area (Å²) in [6, 6.07) is 5.98. The SMILES string of the molecule is CCOC(=O)COc1c(C(=O)OC)sc2cc3ccc(N(CC4CCCCC4)C(C)=O)sc-3c12. The molecule has 1 fully saturated rings. The van der Waals surface area contributed by atoms with Gasteiger partial charge in [0.05, 0.1) is 24.1 Å². The molecule has 182 valence electrons. The fraction of sp³-hybridized carbons (Fsp3) is 0.480. The first-order chi connectivity index (χ1) is 16.4. The molecule has 0 atom stereocenters. The fourth-order valence-corrected chi connectivity index (χ4v) is 6.87. The van der Waals surface area contributed by atoms with E-state index in [1.54, 1.807) is 13.8 Å². The highest BCUT2D eigenvalue weighted by Gasteiger charge is 2.28. The van der Waals surface area contributed by atoms with Crippen LogP contribution in [0.5, 0.6) is 5.75 Å². The summed E-state index contributed by atoms with van der Waals surface area (Å²) in [5, 5.41) is 1.62. The lowest BCUT2D eigenvalue weighted by Crippen LogP contribution is -2.34. The lowest BCUT2D eigenvalue weighted by molar-refractivity contribution is -0.145. The van der Waals surface area contributed by atoms with Gasteiger partial charge >= 0.3 is 11.9 Å². The minimum absolute atomic E-state index is 0.0170. The van der Waals surface area contributed by atoms with Gasteiger partial charge in [-0.05, 0) is 43.4 Å². The van der Waals surface area contributed by atoms with Crippen LogP contribution in [-0.4, -0.2) is 44.7 Å². The molecule has 1 aliphatic heterocycles. The summed E-state index contributed by atoms with van der Waals surface area (Å²) in [7, 11) is 1.32. The number of amides is 1. The van der Waals surface area contributed by atoms with Crippen molar-refractivity contribution in [3.63, 3.8) is 0 Å². The molecule has 1 saturated carbocycles. The number of thiophene rings is 1. The summed E-state index contributed by atoms with van der Waals surface area (Å²) >= 11 is 2.77. The number of nitrogens with zero attached hydrogens (tertiary/aromatic N) is 1. The summed E-state index contributed by atoms with van der Waals surface area (Å²) in [4.78, 5) is 40.0. The van der Waals surface area contributed by atoms with E-state index in [4.69, 9.17) is 14.2 Å². The average Bonchev–Trinajstić information content (AvgIpc) is 3.37. The molecule has 0 N–H and O–H groups in total. The van der Waals surface area contributed by atoms with Crippen LogP contribution in [0, 0.1) is 5.92 Å². The van der Waals surface area contributed by atoms with Gasteiger partial charge in [-0.25, -0.2) is 9.59 Å². The van der Waals surface area contributed by atoms with Gasteiger partial charge in [-0.1, -0.05) is 25.3 Å². The summed E-state index contributed by atoms with van der Waals surface area (Å²) in [5.41, 5.74) is 0.994. The van der Waals surface area contributed by atoms with Crippen LogP contribution in [0.3, 0.4) is 0 Å². The smallest absolute Gasteiger partial charge is 0.351 e. The number of carbonyl (C=O) groups excluding carboxylic acids is 3. The van der Waals surface area contributed by atoms with Crippen molar-refractivity contribution in [3.8, 4) is 16.2 Å². The monoisotopic (exact) mass is 503 g/mol. The third kappa shape index (κ3) is 5.05. The van der Waals surface area contributed by atoms with E-state index in [2.05, 4.69) is 0 Å². The minimum Gasteiger partial charge on any atom is -0.479 e. The van der Waals surface area contributed by atoms with Gasteiger partial charge < -0.3 is 19.1 Å². The summed E-state index contributed by atoms with van der Waals surface area (Å²) < 4.78 is 16.6. The van der Waals surface area contributed by atoms with Crippen LogP contribution in [0.15, 0.2) is 18.2 Å². The predicted octanol–water partition coefficient (Wildman–Crippen LogP) is 5.73. The number of carbonyl (C=O) groups is 3. The lowest BCUT2D eigenvalue weighted by atomic mass is 9.89. The number of esters is 2. The van der Waals surface area contributed by atoms with Gasteiger partial charge in [0.2, 0.25) is 5.91 Å². The largest absolute Gasteiger partial charge is 0.479 e. The number of rotatable bonds is 8. The van der Waals surface area contributed by atoms with Crippen molar-refractivity contribution in [2.75, 3.05) is 31.8 Å². The van der Waals surface area contributed by atoms with Crippen LogP contribution in [0.4, 0.5) is 5.00 Å². The molecule has 2 aliphatic carbocycles. The molecule has 9 heteroatoms. The average molecular weight is 504 g/mol. The molecule has 4 rings (SSSR count). The Morgan fingerprint density at radius 1 is 1.12 bits per heavy atom. The molecular formula is C25H29NO6S2. The number of hydrogen-bond acceptors (Lipinski definition) is 8. The summed E-state index contributed by atoms with van der Waals surface area (Å²) in [5.74, 6) is -0.172. The minimum atomic E-state index is -0.517. The van der Waals surface area contributed by atoms with E-state index in [0.29, 0.717) is 23.1 Å². The molecule has 0 radical (unpaired) electrons. The molecule has 0 aromatic carbocycles. The number of fused-ring (bicyclic) bond motifs is 3. The number of hydrogen-bond donors (Lipinski definition) is 0. The molecular weight excluding hydrogens is 474 g/mol. The van der Waals surface area contributed by atoms with Gasteiger partial charge in [-0.3, -0.25) is 4.79 Å². The highest BCUT2D eigenvalue weighted by atomic mass is 32.1. The molecule has 1 aromatic heterocycles. The predicted molar refractivity (Wildman–Crippen MR) is 134 cm³/mol. The maximum Gasteiger partial charge on any atom is 0.351 e. The molecule has 2 heterocycles. The zero-order valence-electron chi connectivity index (χ0n) is 19.7.